The van der Waals surface area contributed by atoms with Crippen LogP contribution in [0.4, 0.5) is 0 Å². The molecule has 27 heavy (non-hydrogen) atoms. The molecule has 8 heteroatoms. The van der Waals surface area contributed by atoms with Crippen molar-refractivity contribution < 1.29 is 13.2 Å². The molecule has 1 amide bonds. The number of carbonyl (C=O) groups is 1. The minimum atomic E-state index is -3.28. The summed E-state index contributed by atoms with van der Waals surface area (Å²) in [6.45, 7) is 3.19. The van der Waals surface area contributed by atoms with Crippen LogP contribution in [0.5, 0.6) is 0 Å². The van der Waals surface area contributed by atoms with Crippen LogP contribution >= 0.6 is 11.8 Å². The van der Waals surface area contributed by atoms with Crippen molar-refractivity contribution in [1.29, 1.82) is 0 Å². The molecule has 1 aromatic heterocycles. The molecular formula is C19H23N3O3S2. The maximum atomic E-state index is 12.8. The highest BCUT2D eigenvalue weighted by Crippen LogP contribution is 2.25. The minimum absolute atomic E-state index is 0.00434. The van der Waals surface area contributed by atoms with Crippen molar-refractivity contribution in [2.24, 2.45) is 0 Å². The lowest BCUT2D eigenvalue weighted by Gasteiger charge is -2.30. The highest BCUT2D eigenvalue weighted by atomic mass is 32.2. The average molecular weight is 406 g/mol. The molecule has 144 valence electrons. The fourth-order valence-corrected chi connectivity index (χ4v) is 4.06. The second-order valence-electron chi connectivity index (χ2n) is 6.62. The van der Waals surface area contributed by atoms with Gasteiger partial charge in [-0.15, -0.1) is 11.8 Å². The van der Waals surface area contributed by atoms with Gasteiger partial charge in [-0.1, -0.05) is 0 Å². The first-order chi connectivity index (χ1) is 12.8. The summed E-state index contributed by atoms with van der Waals surface area (Å²) in [5.41, 5.74) is 4.48. The predicted molar refractivity (Wildman–Crippen MR) is 107 cm³/mol. The van der Waals surface area contributed by atoms with E-state index in [-0.39, 0.29) is 12.5 Å². The third kappa shape index (κ3) is 4.69. The lowest BCUT2D eigenvalue weighted by atomic mass is 9.94. The summed E-state index contributed by atoms with van der Waals surface area (Å²) in [5, 5.41) is 0. The van der Waals surface area contributed by atoms with E-state index < -0.39 is 10.0 Å². The Morgan fingerprint density at radius 2 is 2.00 bits per heavy atom. The number of thioether (sulfide) groups is 1. The standard InChI is InChI=1S/C19H23N3O3S2/c1-13-18(11-21-27(3,24)25)17-8-9-22(12-15(17)10-20-13)19(23)14-4-6-16(26-2)7-5-14/h4-7,10,21H,8-9,11-12H2,1-3H3. The number of rotatable bonds is 5. The molecule has 6 nitrogen and oxygen atoms in total. The lowest BCUT2D eigenvalue weighted by molar-refractivity contribution is 0.0734. The van der Waals surface area contributed by atoms with Crippen LogP contribution in [0, 0.1) is 6.92 Å². The van der Waals surface area contributed by atoms with Crippen molar-refractivity contribution in [3.8, 4) is 0 Å². The van der Waals surface area contributed by atoms with E-state index >= 15 is 0 Å². The average Bonchev–Trinajstić information content (AvgIpc) is 2.65. The summed E-state index contributed by atoms with van der Waals surface area (Å²) in [4.78, 5) is 20.2. The normalized spacial score (nSPS) is 14.1. The van der Waals surface area contributed by atoms with E-state index in [1.54, 1.807) is 18.0 Å². The van der Waals surface area contributed by atoms with Crippen LogP contribution in [0.3, 0.4) is 0 Å². The maximum absolute atomic E-state index is 12.8. The molecule has 0 spiro atoms. The number of nitrogens with zero attached hydrogens (tertiary/aromatic N) is 2. The second-order valence-corrected chi connectivity index (χ2v) is 9.34. The van der Waals surface area contributed by atoms with Gasteiger partial charge in [-0.25, -0.2) is 13.1 Å². The number of aryl methyl sites for hydroxylation is 1. The second kappa shape index (κ2) is 8.00. The molecule has 0 saturated heterocycles. The number of hydrogen-bond donors (Lipinski definition) is 1. The zero-order valence-corrected chi connectivity index (χ0v) is 17.3. The van der Waals surface area contributed by atoms with Crippen LogP contribution in [0.2, 0.25) is 0 Å². The molecule has 2 heterocycles. The zero-order chi connectivity index (χ0) is 19.6. The molecular weight excluding hydrogens is 382 g/mol. The maximum Gasteiger partial charge on any atom is 0.254 e. The van der Waals surface area contributed by atoms with Gasteiger partial charge in [0.25, 0.3) is 5.91 Å². The number of sulfonamides is 1. The molecule has 1 N–H and O–H groups in total. The fraction of sp³-hybridized carbons (Fsp3) is 0.368. The molecule has 1 aliphatic heterocycles. The zero-order valence-electron chi connectivity index (χ0n) is 15.7. The Labute approximate surface area is 164 Å². The Morgan fingerprint density at radius 1 is 1.30 bits per heavy atom. The molecule has 0 atom stereocenters. The molecule has 2 aromatic rings. The summed E-state index contributed by atoms with van der Waals surface area (Å²) in [6.07, 6.45) is 5.64. The number of carbonyl (C=O) groups excluding carboxylic acids is 1. The topological polar surface area (TPSA) is 79.4 Å². The first-order valence-corrected chi connectivity index (χ1v) is 11.7. The molecule has 0 unspecified atom stereocenters. The van der Waals surface area contributed by atoms with Crippen LogP contribution in [0.25, 0.3) is 0 Å². The number of fused-ring (bicyclic) bond motifs is 1. The van der Waals surface area contributed by atoms with Crippen molar-refractivity contribution in [3.63, 3.8) is 0 Å². The van der Waals surface area contributed by atoms with Crippen molar-refractivity contribution in [3.05, 3.63) is 58.4 Å². The molecule has 3 rings (SSSR count). The van der Waals surface area contributed by atoms with E-state index in [2.05, 4.69) is 9.71 Å². The Hall–Kier alpha value is -1.90. The number of benzene rings is 1. The third-order valence-electron chi connectivity index (χ3n) is 4.73. The monoisotopic (exact) mass is 405 g/mol. The van der Waals surface area contributed by atoms with Gasteiger partial charge in [-0.3, -0.25) is 9.78 Å². The summed E-state index contributed by atoms with van der Waals surface area (Å²) in [5.74, 6) is 0.00434. The van der Waals surface area contributed by atoms with E-state index in [1.807, 2.05) is 42.3 Å². The molecule has 1 aliphatic rings. The summed E-state index contributed by atoms with van der Waals surface area (Å²) < 4.78 is 25.4. The lowest BCUT2D eigenvalue weighted by Crippen LogP contribution is -2.37. The number of amides is 1. The van der Waals surface area contributed by atoms with Gasteiger partial charge < -0.3 is 4.90 Å². The van der Waals surface area contributed by atoms with Crippen LogP contribution in [0.1, 0.15) is 32.7 Å². The molecule has 0 bridgehead atoms. The van der Waals surface area contributed by atoms with Gasteiger partial charge >= 0.3 is 0 Å². The van der Waals surface area contributed by atoms with Gasteiger partial charge in [0.2, 0.25) is 10.0 Å². The molecule has 0 saturated carbocycles. The van der Waals surface area contributed by atoms with Gasteiger partial charge in [0, 0.05) is 42.0 Å². The van der Waals surface area contributed by atoms with E-state index in [0.717, 1.165) is 33.5 Å². The van der Waals surface area contributed by atoms with Crippen molar-refractivity contribution in [2.75, 3.05) is 19.1 Å². The van der Waals surface area contributed by atoms with Crippen molar-refractivity contribution in [1.82, 2.24) is 14.6 Å². The predicted octanol–water partition coefficient (Wildman–Crippen LogP) is 2.36. The summed E-state index contributed by atoms with van der Waals surface area (Å²) >= 11 is 1.64. The minimum Gasteiger partial charge on any atom is -0.334 e. The number of nitrogens with one attached hydrogen (secondary N) is 1. The molecule has 0 aliphatic carbocycles. The largest absolute Gasteiger partial charge is 0.334 e. The van der Waals surface area contributed by atoms with E-state index in [4.69, 9.17) is 0 Å². The van der Waals surface area contributed by atoms with E-state index in [9.17, 15) is 13.2 Å². The smallest absolute Gasteiger partial charge is 0.254 e. The Bertz CT molecular complexity index is 957. The van der Waals surface area contributed by atoms with Gasteiger partial charge in [0.15, 0.2) is 0 Å². The van der Waals surface area contributed by atoms with Crippen LogP contribution < -0.4 is 4.72 Å². The highest BCUT2D eigenvalue weighted by Gasteiger charge is 2.25. The Kier molecular flexibility index (Phi) is 5.88. The molecule has 0 radical (unpaired) electrons. The summed E-state index contributed by atoms with van der Waals surface area (Å²) in [7, 11) is -3.28. The van der Waals surface area contributed by atoms with Crippen LogP contribution in [0.15, 0.2) is 35.4 Å². The number of aromatic nitrogens is 1. The van der Waals surface area contributed by atoms with E-state index in [1.165, 1.54) is 0 Å². The van der Waals surface area contributed by atoms with Gasteiger partial charge in [-0.2, -0.15) is 0 Å². The molecule has 1 aromatic carbocycles. The first-order valence-electron chi connectivity index (χ1n) is 8.62. The third-order valence-corrected chi connectivity index (χ3v) is 6.14. The van der Waals surface area contributed by atoms with Crippen molar-refractivity contribution in [2.45, 2.75) is 31.3 Å². The van der Waals surface area contributed by atoms with Gasteiger partial charge in [-0.05, 0) is 60.6 Å². The summed E-state index contributed by atoms with van der Waals surface area (Å²) in [6, 6.07) is 7.63. The van der Waals surface area contributed by atoms with E-state index in [0.29, 0.717) is 25.1 Å². The van der Waals surface area contributed by atoms with Crippen LogP contribution in [-0.4, -0.2) is 43.3 Å². The fourth-order valence-electron chi connectivity index (χ4n) is 3.25. The van der Waals surface area contributed by atoms with Gasteiger partial charge in [0.1, 0.15) is 0 Å². The Balaban J connectivity index is 1.80. The first kappa shape index (κ1) is 19.9. The van der Waals surface area contributed by atoms with Gasteiger partial charge in [0.05, 0.1) is 6.26 Å². The quantitative estimate of drug-likeness (QED) is 0.773. The number of pyridine rings is 1. The highest BCUT2D eigenvalue weighted by molar-refractivity contribution is 7.98. The van der Waals surface area contributed by atoms with Crippen molar-refractivity contribution >= 4 is 27.7 Å². The SMILES string of the molecule is CSc1ccc(C(=O)N2CCc3c(cnc(C)c3CNS(C)(=O)=O)C2)cc1. The van der Waals surface area contributed by atoms with Crippen LogP contribution in [-0.2, 0) is 29.5 Å². The Morgan fingerprint density at radius 3 is 2.63 bits per heavy atom. The molecule has 0 fully saturated rings. The number of hydrogen-bond acceptors (Lipinski definition) is 5.